The Hall–Kier alpha value is -3.54. The van der Waals surface area contributed by atoms with Crippen LogP contribution in [-0.4, -0.2) is 25.0 Å². The number of carbonyl (C=O) groups is 2. The Kier molecular flexibility index (Phi) is 8.17. The summed E-state index contributed by atoms with van der Waals surface area (Å²) < 4.78 is 11.2. The fourth-order valence-corrected chi connectivity index (χ4v) is 2.09. The van der Waals surface area contributed by atoms with Crippen molar-refractivity contribution in [2.75, 3.05) is 13.2 Å². The summed E-state index contributed by atoms with van der Waals surface area (Å²) in [5, 5.41) is 0. The number of para-hydroxylation sites is 2. The van der Waals surface area contributed by atoms with E-state index < -0.39 is 11.8 Å². The van der Waals surface area contributed by atoms with Crippen molar-refractivity contribution in [1.82, 2.24) is 10.9 Å². The molecule has 27 heavy (non-hydrogen) atoms. The summed E-state index contributed by atoms with van der Waals surface area (Å²) in [5.74, 6) is 0.254. The van der Waals surface area contributed by atoms with E-state index in [2.05, 4.69) is 10.9 Å². The van der Waals surface area contributed by atoms with Crippen LogP contribution in [0.1, 0.15) is 17.3 Å². The van der Waals surface area contributed by atoms with Gasteiger partial charge in [0.25, 0.3) is 11.8 Å². The van der Waals surface area contributed by atoms with Gasteiger partial charge in [0, 0.05) is 6.08 Å². The van der Waals surface area contributed by atoms with E-state index in [-0.39, 0.29) is 6.61 Å². The Morgan fingerprint density at radius 3 is 2.37 bits per heavy atom. The number of nitrogens with one attached hydrogen (secondary N) is 2. The molecule has 0 aliphatic heterocycles. The van der Waals surface area contributed by atoms with Crippen LogP contribution in [0.3, 0.4) is 0 Å². The normalized spacial score (nSPS) is 10.7. The van der Waals surface area contributed by atoms with Crippen LogP contribution in [0.25, 0.3) is 0 Å². The zero-order valence-corrected chi connectivity index (χ0v) is 15.1. The molecule has 0 aromatic heterocycles. The quantitative estimate of drug-likeness (QED) is 0.326. The monoisotopic (exact) mass is 366 g/mol. The second kappa shape index (κ2) is 11.1. The van der Waals surface area contributed by atoms with Gasteiger partial charge in [-0.2, -0.15) is 0 Å². The van der Waals surface area contributed by atoms with Gasteiger partial charge in [-0.15, -0.1) is 0 Å². The van der Waals surface area contributed by atoms with Gasteiger partial charge in [0.15, 0.2) is 0 Å². The molecule has 2 aromatic carbocycles. The second-order valence-electron chi connectivity index (χ2n) is 5.33. The van der Waals surface area contributed by atoms with Gasteiger partial charge in [-0.25, -0.2) is 0 Å². The number of hydrazine groups is 1. The molecule has 2 rings (SSSR count). The zero-order valence-electron chi connectivity index (χ0n) is 15.1. The maximum absolute atomic E-state index is 12.3. The summed E-state index contributed by atoms with van der Waals surface area (Å²) in [6.45, 7) is 2.45. The molecule has 6 heteroatoms. The lowest BCUT2D eigenvalue weighted by Crippen LogP contribution is -2.40. The molecule has 0 saturated carbocycles. The Labute approximate surface area is 158 Å². The molecule has 0 heterocycles. The average Bonchev–Trinajstić information content (AvgIpc) is 2.71. The predicted molar refractivity (Wildman–Crippen MR) is 103 cm³/mol. The van der Waals surface area contributed by atoms with E-state index in [1.807, 2.05) is 37.3 Å². The number of carbonyl (C=O) groups excluding carboxylic acids is 2. The molecule has 2 aromatic rings. The predicted octanol–water partition coefficient (Wildman–Crippen LogP) is 3.04. The first-order chi connectivity index (χ1) is 13.2. The summed E-state index contributed by atoms with van der Waals surface area (Å²) in [4.78, 5) is 23.9. The van der Waals surface area contributed by atoms with Crippen LogP contribution in [0.2, 0.25) is 0 Å². The van der Waals surface area contributed by atoms with Crippen LogP contribution >= 0.6 is 0 Å². The van der Waals surface area contributed by atoms with Crippen molar-refractivity contribution in [3.05, 3.63) is 84.5 Å². The molecule has 0 spiro atoms. The van der Waals surface area contributed by atoms with Gasteiger partial charge in [0.1, 0.15) is 24.7 Å². The van der Waals surface area contributed by atoms with E-state index in [0.717, 1.165) is 5.75 Å². The lowest BCUT2D eigenvalue weighted by atomic mass is 10.2. The Bertz CT molecular complexity index is 801. The van der Waals surface area contributed by atoms with Crippen molar-refractivity contribution in [2.45, 2.75) is 6.92 Å². The van der Waals surface area contributed by atoms with Gasteiger partial charge >= 0.3 is 0 Å². The Morgan fingerprint density at radius 2 is 1.59 bits per heavy atom. The molecule has 0 fully saturated rings. The topological polar surface area (TPSA) is 76.7 Å². The highest BCUT2D eigenvalue weighted by atomic mass is 16.5. The number of ether oxygens (including phenoxy) is 2. The molecule has 0 saturated heterocycles. The molecule has 6 nitrogen and oxygen atoms in total. The fraction of sp³-hybridized carbons (Fsp3) is 0.143. The van der Waals surface area contributed by atoms with Crippen molar-refractivity contribution < 1.29 is 19.1 Å². The lowest BCUT2D eigenvalue weighted by molar-refractivity contribution is -0.117. The van der Waals surface area contributed by atoms with Crippen molar-refractivity contribution in [2.24, 2.45) is 0 Å². The molecule has 0 aliphatic carbocycles. The first kappa shape index (κ1) is 19.8. The van der Waals surface area contributed by atoms with Gasteiger partial charge in [-0.05, 0) is 31.2 Å². The van der Waals surface area contributed by atoms with Gasteiger partial charge in [-0.1, -0.05) is 48.6 Å². The maximum Gasteiger partial charge on any atom is 0.273 e. The van der Waals surface area contributed by atoms with Crippen LogP contribution in [0.5, 0.6) is 11.5 Å². The number of hydrogen-bond acceptors (Lipinski definition) is 4. The maximum atomic E-state index is 12.3. The fourth-order valence-electron chi connectivity index (χ4n) is 2.09. The van der Waals surface area contributed by atoms with Crippen molar-refractivity contribution >= 4 is 11.8 Å². The first-order valence-corrected chi connectivity index (χ1v) is 8.50. The van der Waals surface area contributed by atoms with Crippen LogP contribution < -0.4 is 20.3 Å². The van der Waals surface area contributed by atoms with E-state index in [1.54, 1.807) is 42.5 Å². The second-order valence-corrected chi connectivity index (χ2v) is 5.33. The molecule has 140 valence electrons. The summed E-state index contributed by atoms with van der Waals surface area (Å²) in [6, 6.07) is 16.2. The number of amides is 2. The summed E-state index contributed by atoms with van der Waals surface area (Å²) in [7, 11) is 0. The third kappa shape index (κ3) is 7.07. The van der Waals surface area contributed by atoms with Crippen molar-refractivity contribution in [3.8, 4) is 11.5 Å². The molecule has 2 N–H and O–H groups in total. The van der Waals surface area contributed by atoms with Crippen LogP contribution in [0.4, 0.5) is 0 Å². The minimum Gasteiger partial charge on any atom is -0.490 e. The summed E-state index contributed by atoms with van der Waals surface area (Å²) in [5.41, 5.74) is 4.99. The minimum atomic E-state index is -0.470. The number of benzene rings is 2. The molecule has 0 unspecified atom stereocenters. The molecule has 2 amide bonds. The highest BCUT2D eigenvalue weighted by Crippen LogP contribution is 2.17. The Balaban J connectivity index is 1.84. The molecule has 0 atom stereocenters. The summed E-state index contributed by atoms with van der Waals surface area (Å²) in [6.07, 6.45) is 6.38. The SMILES string of the molecule is C/C=C/C=C/C(=O)NNC(=O)c1ccccc1OCCOc1ccccc1. The van der Waals surface area contributed by atoms with Gasteiger partial charge < -0.3 is 9.47 Å². The zero-order chi connectivity index (χ0) is 19.3. The van der Waals surface area contributed by atoms with Crippen LogP contribution in [0.15, 0.2) is 78.9 Å². The number of hydrogen-bond donors (Lipinski definition) is 2. The van der Waals surface area contributed by atoms with E-state index in [0.29, 0.717) is 17.9 Å². The lowest BCUT2D eigenvalue weighted by Gasteiger charge is -2.12. The van der Waals surface area contributed by atoms with E-state index >= 15 is 0 Å². The van der Waals surface area contributed by atoms with Crippen LogP contribution in [-0.2, 0) is 4.79 Å². The molecular weight excluding hydrogens is 344 g/mol. The largest absolute Gasteiger partial charge is 0.490 e. The number of rotatable bonds is 8. The molecule has 0 aliphatic rings. The third-order valence-electron chi connectivity index (χ3n) is 3.33. The van der Waals surface area contributed by atoms with Gasteiger partial charge in [0.2, 0.25) is 0 Å². The minimum absolute atomic E-state index is 0.275. The highest BCUT2D eigenvalue weighted by molar-refractivity contribution is 5.98. The van der Waals surface area contributed by atoms with Crippen molar-refractivity contribution in [1.29, 1.82) is 0 Å². The Morgan fingerprint density at radius 1 is 0.889 bits per heavy atom. The van der Waals surface area contributed by atoms with Gasteiger partial charge in [0.05, 0.1) is 5.56 Å². The molecule has 0 radical (unpaired) electrons. The average molecular weight is 366 g/mol. The van der Waals surface area contributed by atoms with E-state index in [9.17, 15) is 9.59 Å². The molecule has 0 bridgehead atoms. The van der Waals surface area contributed by atoms with Crippen molar-refractivity contribution in [3.63, 3.8) is 0 Å². The standard InChI is InChI=1S/C21H22N2O4/c1-2-3-5-14-20(24)22-23-21(25)18-12-8-9-13-19(18)27-16-15-26-17-10-6-4-7-11-17/h2-14H,15-16H2,1H3,(H,22,24)(H,23,25)/b3-2+,14-5+. The van der Waals surface area contributed by atoms with Gasteiger partial charge in [-0.3, -0.25) is 20.4 Å². The summed E-state index contributed by atoms with van der Waals surface area (Å²) >= 11 is 0. The smallest absolute Gasteiger partial charge is 0.273 e. The third-order valence-corrected chi connectivity index (χ3v) is 3.33. The first-order valence-electron chi connectivity index (χ1n) is 8.50. The van der Waals surface area contributed by atoms with E-state index in [1.165, 1.54) is 6.08 Å². The van der Waals surface area contributed by atoms with Crippen LogP contribution in [0, 0.1) is 0 Å². The highest BCUT2D eigenvalue weighted by Gasteiger charge is 2.12. The molecular formula is C21H22N2O4. The number of allylic oxidation sites excluding steroid dienone is 3. The van der Waals surface area contributed by atoms with E-state index in [4.69, 9.17) is 9.47 Å².